The monoisotopic (exact) mass is 264 g/mol. The summed E-state index contributed by atoms with van der Waals surface area (Å²) in [5, 5.41) is 0. The Morgan fingerprint density at radius 1 is 1.05 bits per heavy atom. The first kappa shape index (κ1) is 16.8. The van der Waals surface area contributed by atoms with Gasteiger partial charge < -0.3 is 0 Å². The fraction of sp³-hybridized carbons (Fsp3) is 0.895. The number of hydrogen-bond donors (Lipinski definition) is 0. The van der Waals surface area contributed by atoms with Crippen molar-refractivity contribution in [2.24, 2.45) is 17.8 Å². The summed E-state index contributed by atoms with van der Waals surface area (Å²) in [6, 6.07) is 0. The maximum atomic E-state index is 2.58. The van der Waals surface area contributed by atoms with Crippen molar-refractivity contribution in [3.05, 3.63) is 12.2 Å². The molecule has 0 radical (unpaired) electrons. The largest absolute Gasteiger partial charge is 0.0880 e. The van der Waals surface area contributed by atoms with E-state index in [4.69, 9.17) is 0 Å². The predicted octanol–water partition coefficient (Wildman–Crippen LogP) is 6.76. The average molecular weight is 264 g/mol. The lowest BCUT2D eigenvalue weighted by Gasteiger charge is -2.16. The van der Waals surface area contributed by atoms with Gasteiger partial charge in [-0.1, -0.05) is 77.9 Å². The third-order valence-electron chi connectivity index (χ3n) is 4.87. The van der Waals surface area contributed by atoms with Gasteiger partial charge in [0.25, 0.3) is 0 Å². The lowest BCUT2D eigenvalue weighted by Crippen LogP contribution is -2.05. The van der Waals surface area contributed by atoms with Gasteiger partial charge in [0.15, 0.2) is 0 Å². The highest BCUT2D eigenvalue weighted by molar-refractivity contribution is 4.95. The molecule has 1 saturated carbocycles. The van der Waals surface area contributed by atoms with E-state index in [1.165, 1.54) is 70.6 Å². The number of allylic oxidation sites excluding steroid dienone is 2. The van der Waals surface area contributed by atoms with Crippen LogP contribution in [0.5, 0.6) is 0 Å². The summed E-state index contributed by atoms with van der Waals surface area (Å²) in [6.07, 6.45) is 20.7. The molecule has 112 valence electrons. The van der Waals surface area contributed by atoms with Gasteiger partial charge in [-0.15, -0.1) is 0 Å². The molecule has 0 spiro atoms. The number of rotatable bonds is 10. The minimum atomic E-state index is 0.885. The van der Waals surface area contributed by atoms with Crippen LogP contribution in [0.15, 0.2) is 12.2 Å². The standard InChI is InChI=1S/C19H36/c1-4-6-8-13-18-15-10-16-19(18)14-9-12-17(3)11-7-5-2/h9,14,17-19H,4-8,10-13,15-16H2,1-3H3/b14-9+. The maximum Gasteiger partial charge on any atom is -0.0205 e. The second-order valence-corrected chi connectivity index (χ2v) is 6.76. The molecular formula is C19H36. The molecule has 0 aromatic rings. The average Bonchev–Trinajstić information content (AvgIpc) is 2.84. The Bertz CT molecular complexity index is 228. The first-order valence-corrected chi connectivity index (χ1v) is 8.94. The normalized spacial score (nSPS) is 25.2. The number of unbranched alkanes of at least 4 members (excludes halogenated alkanes) is 3. The molecule has 3 atom stereocenters. The molecule has 0 heterocycles. The van der Waals surface area contributed by atoms with Gasteiger partial charge in [0.05, 0.1) is 0 Å². The van der Waals surface area contributed by atoms with Gasteiger partial charge in [-0.2, -0.15) is 0 Å². The summed E-state index contributed by atoms with van der Waals surface area (Å²) in [5.41, 5.74) is 0. The van der Waals surface area contributed by atoms with Crippen molar-refractivity contribution in [1.82, 2.24) is 0 Å². The Labute approximate surface area is 122 Å². The zero-order chi connectivity index (χ0) is 13.9. The highest BCUT2D eigenvalue weighted by Crippen LogP contribution is 2.36. The van der Waals surface area contributed by atoms with Crippen LogP contribution in [-0.2, 0) is 0 Å². The van der Waals surface area contributed by atoms with Crippen LogP contribution in [0.4, 0.5) is 0 Å². The van der Waals surface area contributed by atoms with E-state index in [1.807, 2.05) is 0 Å². The fourth-order valence-electron chi connectivity index (χ4n) is 3.49. The third-order valence-corrected chi connectivity index (χ3v) is 4.87. The zero-order valence-corrected chi connectivity index (χ0v) is 13.7. The van der Waals surface area contributed by atoms with E-state index in [-0.39, 0.29) is 0 Å². The van der Waals surface area contributed by atoms with Gasteiger partial charge >= 0.3 is 0 Å². The van der Waals surface area contributed by atoms with Crippen molar-refractivity contribution in [1.29, 1.82) is 0 Å². The van der Waals surface area contributed by atoms with Crippen LogP contribution >= 0.6 is 0 Å². The van der Waals surface area contributed by atoms with Crippen molar-refractivity contribution >= 4 is 0 Å². The summed E-state index contributed by atoms with van der Waals surface area (Å²) in [4.78, 5) is 0. The van der Waals surface area contributed by atoms with Crippen LogP contribution in [0.2, 0.25) is 0 Å². The molecule has 0 bridgehead atoms. The Kier molecular flexibility index (Phi) is 9.30. The second-order valence-electron chi connectivity index (χ2n) is 6.76. The lowest BCUT2D eigenvalue weighted by atomic mass is 9.89. The molecule has 0 aliphatic heterocycles. The third kappa shape index (κ3) is 7.18. The van der Waals surface area contributed by atoms with E-state index in [1.54, 1.807) is 0 Å². The topological polar surface area (TPSA) is 0 Å². The quantitative estimate of drug-likeness (QED) is 0.302. The highest BCUT2D eigenvalue weighted by atomic mass is 14.3. The maximum absolute atomic E-state index is 2.58. The molecule has 0 heteroatoms. The van der Waals surface area contributed by atoms with E-state index in [0.29, 0.717) is 0 Å². The van der Waals surface area contributed by atoms with Crippen molar-refractivity contribution in [2.45, 2.75) is 91.4 Å². The summed E-state index contributed by atoms with van der Waals surface area (Å²) in [7, 11) is 0. The Hall–Kier alpha value is -0.260. The van der Waals surface area contributed by atoms with E-state index in [9.17, 15) is 0 Å². The Morgan fingerprint density at radius 2 is 1.84 bits per heavy atom. The fourth-order valence-corrected chi connectivity index (χ4v) is 3.49. The van der Waals surface area contributed by atoms with Crippen LogP contribution in [0.25, 0.3) is 0 Å². The molecule has 0 aromatic heterocycles. The van der Waals surface area contributed by atoms with E-state index in [2.05, 4.69) is 32.9 Å². The van der Waals surface area contributed by atoms with Crippen LogP contribution in [0.1, 0.15) is 91.4 Å². The van der Waals surface area contributed by atoms with Crippen LogP contribution in [0.3, 0.4) is 0 Å². The minimum Gasteiger partial charge on any atom is -0.0880 e. The molecule has 0 saturated heterocycles. The summed E-state index contributed by atoms with van der Waals surface area (Å²) in [5.74, 6) is 2.81. The lowest BCUT2D eigenvalue weighted by molar-refractivity contribution is 0.405. The van der Waals surface area contributed by atoms with Gasteiger partial charge in [0, 0.05) is 0 Å². The predicted molar refractivity (Wildman–Crippen MR) is 87.4 cm³/mol. The number of hydrogen-bond acceptors (Lipinski definition) is 0. The summed E-state index contributed by atoms with van der Waals surface area (Å²) in [6.45, 7) is 7.01. The van der Waals surface area contributed by atoms with Gasteiger partial charge in [0.2, 0.25) is 0 Å². The minimum absolute atomic E-state index is 0.885. The Morgan fingerprint density at radius 3 is 2.58 bits per heavy atom. The van der Waals surface area contributed by atoms with Gasteiger partial charge in [-0.25, -0.2) is 0 Å². The molecule has 1 rings (SSSR count). The van der Waals surface area contributed by atoms with Gasteiger partial charge in [-0.3, -0.25) is 0 Å². The molecule has 1 aliphatic rings. The van der Waals surface area contributed by atoms with Gasteiger partial charge in [-0.05, 0) is 43.4 Å². The van der Waals surface area contributed by atoms with Crippen LogP contribution in [-0.4, -0.2) is 0 Å². The van der Waals surface area contributed by atoms with Crippen LogP contribution in [0, 0.1) is 17.8 Å². The molecule has 1 aliphatic carbocycles. The molecular weight excluding hydrogens is 228 g/mol. The molecule has 1 fully saturated rings. The van der Waals surface area contributed by atoms with Crippen molar-refractivity contribution in [3.8, 4) is 0 Å². The smallest absolute Gasteiger partial charge is 0.0205 e. The molecule has 0 nitrogen and oxygen atoms in total. The summed E-state index contributed by atoms with van der Waals surface area (Å²) >= 11 is 0. The van der Waals surface area contributed by atoms with E-state index in [0.717, 1.165) is 17.8 Å². The van der Waals surface area contributed by atoms with Crippen LogP contribution < -0.4 is 0 Å². The van der Waals surface area contributed by atoms with E-state index < -0.39 is 0 Å². The molecule has 0 amide bonds. The van der Waals surface area contributed by atoms with Crippen molar-refractivity contribution < 1.29 is 0 Å². The SMILES string of the molecule is CCCCCC1CCCC1/C=C/CC(C)CCCC. The highest BCUT2D eigenvalue weighted by Gasteiger charge is 2.24. The van der Waals surface area contributed by atoms with Gasteiger partial charge in [0.1, 0.15) is 0 Å². The molecule has 0 N–H and O–H groups in total. The second kappa shape index (κ2) is 10.5. The zero-order valence-electron chi connectivity index (χ0n) is 13.7. The van der Waals surface area contributed by atoms with Crippen molar-refractivity contribution in [2.75, 3.05) is 0 Å². The summed E-state index contributed by atoms with van der Waals surface area (Å²) < 4.78 is 0. The molecule has 19 heavy (non-hydrogen) atoms. The Balaban J connectivity index is 2.21. The van der Waals surface area contributed by atoms with E-state index >= 15 is 0 Å². The van der Waals surface area contributed by atoms with Crippen molar-refractivity contribution in [3.63, 3.8) is 0 Å². The molecule has 3 unspecified atom stereocenters. The first-order chi connectivity index (χ1) is 9.27. The first-order valence-electron chi connectivity index (χ1n) is 8.94. The molecule has 0 aromatic carbocycles.